The Morgan fingerprint density at radius 3 is 3.00 bits per heavy atom. The van der Waals surface area contributed by atoms with E-state index in [1.54, 1.807) is 11.3 Å². The van der Waals surface area contributed by atoms with Crippen LogP contribution in [0.25, 0.3) is 0 Å². The smallest absolute Gasteiger partial charge is 0.110 e. The summed E-state index contributed by atoms with van der Waals surface area (Å²) >= 11 is 5.00. The first-order valence-electron chi connectivity index (χ1n) is 4.08. The minimum atomic E-state index is 0.299. The van der Waals surface area contributed by atoms with Gasteiger partial charge in [0, 0.05) is 22.1 Å². The first-order valence-corrected chi connectivity index (χ1v) is 5.75. The van der Waals surface area contributed by atoms with Crippen molar-refractivity contribution in [3.05, 3.63) is 27.1 Å². The Morgan fingerprint density at radius 1 is 1.85 bits per heavy atom. The van der Waals surface area contributed by atoms with E-state index in [0.29, 0.717) is 6.04 Å². The van der Waals surface area contributed by atoms with E-state index in [9.17, 15) is 0 Å². The van der Waals surface area contributed by atoms with Crippen molar-refractivity contribution >= 4 is 27.3 Å². The quantitative estimate of drug-likeness (QED) is 0.901. The van der Waals surface area contributed by atoms with Crippen LogP contribution in [0.5, 0.6) is 0 Å². The van der Waals surface area contributed by atoms with E-state index in [2.05, 4.69) is 45.1 Å². The number of nitrogens with zero attached hydrogens (tertiary/aromatic N) is 1. The molecule has 0 aliphatic rings. The SMILES string of the molecule is C=C(Br)CNC(C)c1nc(C)cs1. The van der Waals surface area contributed by atoms with Gasteiger partial charge in [0.05, 0.1) is 6.04 Å². The van der Waals surface area contributed by atoms with Crippen LogP contribution in [-0.4, -0.2) is 11.5 Å². The molecule has 0 amide bonds. The van der Waals surface area contributed by atoms with Gasteiger partial charge >= 0.3 is 0 Å². The molecule has 1 atom stereocenters. The summed E-state index contributed by atoms with van der Waals surface area (Å²) in [6.07, 6.45) is 0. The predicted molar refractivity (Wildman–Crippen MR) is 61.3 cm³/mol. The molecule has 0 aromatic carbocycles. The van der Waals surface area contributed by atoms with Gasteiger partial charge in [0.1, 0.15) is 5.01 Å². The minimum absolute atomic E-state index is 0.299. The van der Waals surface area contributed by atoms with Crippen molar-refractivity contribution in [2.24, 2.45) is 0 Å². The third-order valence-corrected chi connectivity index (χ3v) is 3.03. The number of aryl methyl sites for hydroxylation is 1. The van der Waals surface area contributed by atoms with E-state index in [1.807, 2.05) is 6.92 Å². The van der Waals surface area contributed by atoms with Gasteiger partial charge in [0.2, 0.25) is 0 Å². The fourth-order valence-corrected chi connectivity index (χ4v) is 1.91. The van der Waals surface area contributed by atoms with Crippen LogP contribution in [0, 0.1) is 6.92 Å². The molecule has 1 unspecified atom stereocenters. The molecule has 72 valence electrons. The molecule has 4 heteroatoms. The molecule has 0 saturated heterocycles. The zero-order valence-electron chi connectivity index (χ0n) is 7.80. The van der Waals surface area contributed by atoms with Crippen molar-refractivity contribution in [2.45, 2.75) is 19.9 Å². The second-order valence-electron chi connectivity index (χ2n) is 2.95. The Morgan fingerprint density at radius 2 is 2.54 bits per heavy atom. The lowest BCUT2D eigenvalue weighted by molar-refractivity contribution is 0.611. The van der Waals surface area contributed by atoms with Crippen LogP contribution in [0.3, 0.4) is 0 Å². The molecule has 0 saturated carbocycles. The highest BCUT2D eigenvalue weighted by atomic mass is 79.9. The van der Waals surface area contributed by atoms with Crippen molar-refractivity contribution in [3.63, 3.8) is 0 Å². The molecule has 0 fully saturated rings. The maximum atomic E-state index is 4.40. The molecule has 1 aromatic rings. The van der Waals surface area contributed by atoms with Gasteiger partial charge in [0.25, 0.3) is 0 Å². The van der Waals surface area contributed by atoms with Gasteiger partial charge in [-0.05, 0) is 13.8 Å². The van der Waals surface area contributed by atoms with Gasteiger partial charge in [-0.1, -0.05) is 22.5 Å². The lowest BCUT2D eigenvalue weighted by Crippen LogP contribution is -2.19. The van der Waals surface area contributed by atoms with Gasteiger partial charge in [-0.25, -0.2) is 4.98 Å². The van der Waals surface area contributed by atoms with E-state index < -0.39 is 0 Å². The number of hydrogen-bond donors (Lipinski definition) is 1. The predicted octanol–water partition coefficient (Wildman–Crippen LogP) is 3.01. The van der Waals surface area contributed by atoms with Crippen molar-refractivity contribution < 1.29 is 0 Å². The van der Waals surface area contributed by atoms with Gasteiger partial charge in [-0.2, -0.15) is 0 Å². The van der Waals surface area contributed by atoms with E-state index in [4.69, 9.17) is 0 Å². The molecule has 0 radical (unpaired) electrons. The Labute approximate surface area is 91.2 Å². The average molecular weight is 261 g/mol. The van der Waals surface area contributed by atoms with Gasteiger partial charge in [0.15, 0.2) is 0 Å². The van der Waals surface area contributed by atoms with E-state index >= 15 is 0 Å². The zero-order chi connectivity index (χ0) is 9.84. The molecule has 2 nitrogen and oxygen atoms in total. The Kier molecular flexibility index (Phi) is 4.09. The van der Waals surface area contributed by atoms with Crippen molar-refractivity contribution in [1.82, 2.24) is 10.3 Å². The Bertz CT molecular complexity index is 296. The number of halogens is 1. The topological polar surface area (TPSA) is 24.9 Å². The Balaban J connectivity index is 2.48. The maximum absolute atomic E-state index is 4.40. The molecule has 0 spiro atoms. The molecule has 1 aromatic heterocycles. The molecule has 0 bridgehead atoms. The summed E-state index contributed by atoms with van der Waals surface area (Å²) in [7, 11) is 0. The molecule has 1 heterocycles. The van der Waals surface area contributed by atoms with Crippen LogP contribution in [0.4, 0.5) is 0 Å². The van der Waals surface area contributed by atoms with Crippen LogP contribution in [0.15, 0.2) is 16.4 Å². The third-order valence-electron chi connectivity index (χ3n) is 1.61. The molecule has 0 aliphatic carbocycles. The third kappa shape index (κ3) is 3.58. The number of hydrogen-bond acceptors (Lipinski definition) is 3. The van der Waals surface area contributed by atoms with E-state index in [-0.39, 0.29) is 0 Å². The molecule has 0 aliphatic heterocycles. The van der Waals surface area contributed by atoms with Gasteiger partial charge < -0.3 is 5.32 Å². The van der Waals surface area contributed by atoms with Gasteiger partial charge in [-0.3, -0.25) is 0 Å². The lowest BCUT2D eigenvalue weighted by atomic mass is 10.3. The molecule has 1 N–H and O–H groups in total. The molecular formula is C9H13BrN2S. The number of aromatic nitrogens is 1. The fraction of sp³-hybridized carbons (Fsp3) is 0.444. The molecular weight excluding hydrogens is 248 g/mol. The first kappa shape index (κ1) is 10.9. The number of rotatable bonds is 4. The summed E-state index contributed by atoms with van der Waals surface area (Å²) in [5.41, 5.74) is 1.09. The van der Waals surface area contributed by atoms with Crippen molar-refractivity contribution in [2.75, 3.05) is 6.54 Å². The van der Waals surface area contributed by atoms with E-state index in [1.165, 1.54) is 0 Å². The highest BCUT2D eigenvalue weighted by Gasteiger charge is 2.07. The maximum Gasteiger partial charge on any atom is 0.110 e. The normalized spacial score (nSPS) is 12.8. The molecule has 1 rings (SSSR count). The van der Waals surface area contributed by atoms with Crippen LogP contribution in [-0.2, 0) is 0 Å². The highest BCUT2D eigenvalue weighted by molar-refractivity contribution is 9.11. The van der Waals surface area contributed by atoms with Crippen molar-refractivity contribution in [1.29, 1.82) is 0 Å². The van der Waals surface area contributed by atoms with Crippen LogP contribution < -0.4 is 5.32 Å². The minimum Gasteiger partial charge on any atom is -0.304 e. The second-order valence-corrected chi connectivity index (χ2v) is 4.96. The summed E-state index contributed by atoms with van der Waals surface area (Å²) in [5, 5.41) is 6.51. The second kappa shape index (κ2) is 4.88. The van der Waals surface area contributed by atoms with Crippen LogP contribution in [0.2, 0.25) is 0 Å². The summed E-state index contributed by atoms with van der Waals surface area (Å²) in [6, 6.07) is 0.299. The first-order chi connectivity index (χ1) is 6.09. The van der Waals surface area contributed by atoms with Crippen molar-refractivity contribution in [3.8, 4) is 0 Å². The molecule has 13 heavy (non-hydrogen) atoms. The fourth-order valence-electron chi connectivity index (χ4n) is 0.922. The zero-order valence-corrected chi connectivity index (χ0v) is 10.2. The van der Waals surface area contributed by atoms with Gasteiger partial charge in [-0.15, -0.1) is 11.3 Å². The summed E-state index contributed by atoms with van der Waals surface area (Å²) in [5.74, 6) is 0. The summed E-state index contributed by atoms with van der Waals surface area (Å²) < 4.78 is 0.965. The Hall–Kier alpha value is -0.190. The summed E-state index contributed by atoms with van der Waals surface area (Å²) in [6.45, 7) is 8.66. The number of nitrogens with one attached hydrogen (secondary N) is 1. The van der Waals surface area contributed by atoms with Crippen LogP contribution >= 0.6 is 27.3 Å². The highest BCUT2D eigenvalue weighted by Crippen LogP contribution is 2.17. The monoisotopic (exact) mass is 260 g/mol. The standard InChI is InChI=1S/C9H13BrN2S/c1-6(10)4-11-8(3)9-12-7(2)5-13-9/h5,8,11H,1,4H2,2-3H3. The lowest BCUT2D eigenvalue weighted by Gasteiger charge is -2.09. The van der Waals surface area contributed by atoms with E-state index in [0.717, 1.165) is 21.7 Å². The average Bonchev–Trinajstić information content (AvgIpc) is 2.47. The summed E-state index contributed by atoms with van der Waals surface area (Å²) in [4.78, 5) is 4.40. The van der Waals surface area contributed by atoms with Crippen LogP contribution in [0.1, 0.15) is 23.7 Å². The number of thiazole rings is 1. The largest absolute Gasteiger partial charge is 0.304 e.